The maximum absolute atomic E-state index is 12.5. The molecule has 0 fully saturated rings. The van der Waals surface area contributed by atoms with Crippen LogP contribution in [0.2, 0.25) is 0 Å². The molecule has 1 N–H and O–H groups in total. The zero-order valence-electron chi connectivity index (χ0n) is 12.1. The van der Waals surface area contributed by atoms with E-state index >= 15 is 0 Å². The standard InChI is InChI=1S/C16H16N2O2S/c1-11-4-7-16(13(3)8-11)21(19,20)18-15-9-14(10-17)6-5-12(15)2/h4-9,18H,1-3H3. The molecule has 2 rings (SSSR count). The van der Waals surface area contributed by atoms with Crippen molar-refractivity contribution in [2.75, 3.05) is 4.72 Å². The van der Waals surface area contributed by atoms with Gasteiger partial charge in [-0.05, 0) is 50.1 Å². The van der Waals surface area contributed by atoms with E-state index in [2.05, 4.69) is 4.72 Å². The minimum atomic E-state index is -3.67. The lowest BCUT2D eigenvalue weighted by Gasteiger charge is -2.13. The fraction of sp³-hybridized carbons (Fsp3) is 0.188. The van der Waals surface area contributed by atoms with E-state index in [1.807, 2.05) is 19.1 Å². The van der Waals surface area contributed by atoms with Crippen LogP contribution in [0.1, 0.15) is 22.3 Å². The molecule has 21 heavy (non-hydrogen) atoms. The van der Waals surface area contributed by atoms with Crippen molar-refractivity contribution in [2.24, 2.45) is 0 Å². The number of sulfonamides is 1. The summed E-state index contributed by atoms with van der Waals surface area (Å²) in [6.45, 7) is 5.47. The average molecular weight is 300 g/mol. The first-order valence-electron chi connectivity index (χ1n) is 6.44. The molecular formula is C16H16N2O2S. The number of aryl methyl sites for hydroxylation is 3. The monoisotopic (exact) mass is 300 g/mol. The molecule has 0 heterocycles. The zero-order valence-corrected chi connectivity index (χ0v) is 13.0. The number of hydrogen-bond donors (Lipinski definition) is 1. The van der Waals surface area contributed by atoms with E-state index in [1.165, 1.54) is 6.07 Å². The highest BCUT2D eigenvalue weighted by Crippen LogP contribution is 2.23. The lowest BCUT2D eigenvalue weighted by atomic mass is 10.1. The summed E-state index contributed by atoms with van der Waals surface area (Å²) in [5.41, 5.74) is 3.31. The first-order valence-corrected chi connectivity index (χ1v) is 7.92. The van der Waals surface area contributed by atoms with E-state index in [4.69, 9.17) is 5.26 Å². The minimum absolute atomic E-state index is 0.245. The van der Waals surface area contributed by atoms with Crippen LogP contribution in [0.3, 0.4) is 0 Å². The molecule has 108 valence electrons. The van der Waals surface area contributed by atoms with E-state index in [0.29, 0.717) is 16.8 Å². The highest BCUT2D eigenvalue weighted by Gasteiger charge is 2.18. The number of hydrogen-bond acceptors (Lipinski definition) is 3. The normalized spacial score (nSPS) is 11.0. The Hall–Kier alpha value is -2.32. The van der Waals surface area contributed by atoms with Crippen molar-refractivity contribution >= 4 is 15.7 Å². The van der Waals surface area contributed by atoms with Gasteiger partial charge in [0.15, 0.2) is 0 Å². The Morgan fingerprint density at radius 3 is 2.33 bits per heavy atom. The van der Waals surface area contributed by atoms with Crippen molar-refractivity contribution in [1.29, 1.82) is 5.26 Å². The summed E-state index contributed by atoms with van der Waals surface area (Å²) >= 11 is 0. The number of anilines is 1. The molecular weight excluding hydrogens is 284 g/mol. The van der Waals surface area contributed by atoms with Gasteiger partial charge in [-0.15, -0.1) is 0 Å². The van der Waals surface area contributed by atoms with Gasteiger partial charge in [-0.1, -0.05) is 23.8 Å². The molecule has 2 aromatic carbocycles. The summed E-state index contributed by atoms with van der Waals surface area (Å²) in [5.74, 6) is 0. The van der Waals surface area contributed by atoms with Crippen molar-refractivity contribution in [1.82, 2.24) is 0 Å². The summed E-state index contributed by atoms with van der Waals surface area (Å²) in [5, 5.41) is 8.92. The lowest BCUT2D eigenvalue weighted by Crippen LogP contribution is -2.15. The highest BCUT2D eigenvalue weighted by atomic mass is 32.2. The summed E-state index contributed by atoms with van der Waals surface area (Å²) in [4.78, 5) is 0.245. The summed E-state index contributed by atoms with van der Waals surface area (Å²) in [6.07, 6.45) is 0. The Bertz CT molecular complexity index is 834. The highest BCUT2D eigenvalue weighted by molar-refractivity contribution is 7.92. The molecule has 0 bridgehead atoms. The van der Waals surface area contributed by atoms with Gasteiger partial charge in [-0.25, -0.2) is 8.42 Å². The van der Waals surface area contributed by atoms with E-state index < -0.39 is 10.0 Å². The zero-order chi connectivity index (χ0) is 15.6. The van der Waals surface area contributed by atoms with Gasteiger partial charge >= 0.3 is 0 Å². The Labute approximate surface area is 125 Å². The Kier molecular flexibility index (Phi) is 4.01. The third kappa shape index (κ3) is 3.23. The van der Waals surface area contributed by atoms with Gasteiger partial charge < -0.3 is 0 Å². The Balaban J connectivity index is 2.45. The number of nitrogens with one attached hydrogen (secondary N) is 1. The van der Waals surface area contributed by atoms with Gasteiger partial charge in [-0.3, -0.25) is 4.72 Å². The van der Waals surface area contributed by atoms with Crippen LogP contribution in [0.15, 0.2) is 41.3 Å². The largest absolute Gasteiger partial charge is 0.279 e. The lowest BCUT2D eigenvalue weighted by molar-refractivity contribution is 0.600. The second-order valence-corrected chi connectivity index (χ2v) is 6.67. The minimum Gasteiger partial charge on any atom is -0.279 e. The van der Waals surface area contributed by atoms with Crippen molar-refractivity contribution in [3.8, 4) is 6.07 Å². The quantitative estimate of drug-likeness (QED) is 0.945. The molecule has 0 saturated heterocycles. The summed E-state index contributed by atoms with van der Waals surface area (Å²) < 4.78 is 27.5. The van der Waals surface area contributed by atoms with E-state index in [1.54, 1.807) is 38.1 Å². The van der Waals surface area contributed by atoms with E-state index in [-0.39, 0.29) is 4.90 Å². The van der Waals surface area contributed by atoms with Crippen LogP contribution in [-0.2, 0) is 10.0 Å². The molecule has 0 spiro atoms. The molecule has 0 amide bonds. The number of nitrogens with zero attached hydrogens (tertiary/aromatic N) is 1. The average Bonchev–Trinajstić information content (AvgIpc) is 2.40. The van der Waals surface area contributed by atoms with Crippen LogP contribution >= 0.6 is 0 Å². The smallest absolute Gasteiger partial charge is 0.262 e. The van der Waals surface area contributed by atoms with Crippen LogP contribution in [0.5, 0.6) is 0 Å². The molecule has 4 nitrogen and oxygen atoms in total. The van der Waals surface area contributed by atoms with Gasteiger partial charge in [0.1, 0.15) is 0 Å². The second kappa shape index (κ2) is 5.58. The second-order valence-electron chi connectivity index (χ2n) is 5.02. The van der Waals surface area contributed by atoms with E-state index in [9.17, 15) is 8.42 Å². The predicted molar refractivity (Wildman–Crippen MR) is 82.6 cm³/mol. The van der Waals surface area contributed by atoms with Crippen molar-refractivity contribution < 1.29 is 8.42 Å². The number of nitriles is 1. The fourth-order valence-corrected chi connectivity index (χ4v) is 3.45. The fourth-order valence-electron chi connectivity index (χ4n) is 2.10. The molecule has 2 aromatic rings. The Morgan fingerprint density at radius 1 is 1.00 bits per heavy atom. The van der Waals surface area contributed by atoms with Gasteiger partial charge in [0, 0.05) is 0 Å². The van der Waals surface area contributed by atoms with Gasteiger partial charge in [0.25, 0.3) is 10.0 Å². The molecule has 0 aromatic heterocycles. The molecule has 5 heteroatoms. The molecule has 0 radical (unpaired) electrons. The predicted octanol–water partition coefficient (Wildman–Crippen LogP) is 3.28. The van der Waals surface area contributed by atoms with Gasteiger partial charge in [0.2, 0.25) is 0 Å². The SMILES string of the molecule is Cc1ccc(S(=O)(=O)Nc2cc(C#N)ccc2C)c(C)c1. The summed E-state index contributed by atoms with van der Waals surface area (Å²) in [6, 6.07) is 12.1. The number of rotatable bonds is 3. The first kappa shape index (κ1) is 15.1. The molecule has 0 aliphatic heterocycles. The third-order valence-electron chi connectivity index (χ3n) is 3.23. The van der Waals surface area contributed by atoms with Crippen LogP contribution in [0.25, 0.3) is 0 Å². The maximum atomic E-state index is 12.5. The van der Waals surface area contributed by atoms with Crippen LogP contribution in [-0.4, -0.2) is 8.42 Å². The molecule has 0 saturated carbocycles. The van der Waals surface area contributed by atoms with Crippen molar-refractivity contribution in [3.05, 3.63) is 58.7 Å². The molecule has 0 atom stereocenters. The molecule has 0 unspecified atom stereocenters. The topological polar surface area (TPSA) is 70.0 Å². The summed E-state index contributed by atoms with van der Waals surface area (Å²) in [7, 11) is -3.67. The van der Waals surface area contributed by atoms with Crippen LogP contribution in [0, 0.1) is 32.1 Å². The van der Waals surface area contributed by atoms with Crippen molar-refractivity contribution in [3.63, 3.8) is 0 Å². The molecule has 0 aliphatic carbocycles. The number of benzene rings is 2. The Morgan fingerprint density at radius 2 is 1.71 bits per heavy atom. The molecule has 0 aliphatic rings. The first-order chi connectivity index (χ1) is 9.83. The van der Waals surface area contributed by atoms with Gasteiger partial charge in [0.05, 0.1) is 22.2 Å². The van der Waals surface area contributed by atoms with Gasteiger partial charge in [-0.2, -0.15) is 5.26 Å². The van der Waals surface area contributed by atoms with Crippen molar-refractivity contribution in [2.45, 2.75) is 25.7 Å². The van der Waals surface area contributed by atoms with E-state index in [0.717, 1.165) is 11.1 Å². The van der Waals surface area contributed by atoms with Crippen LogP contribution < -0.4 is 4.72 Å². The maximum Gasteiger partial charge on any atom is 0.262 e. The third-order valence-corrected chi connectivity index (χ3v) is 4.76. The van der Waals surface area contributed by atoms with Crippen LogP contribution in [0.4, 0.5) is 5.69 Å².